The van der Waals surface area contributed by atoms with E-state index in [-0.39, 0.29) is 11.2 Å². The van der Waals surface area contributed by atoms with Gasteiger partial charge in [0.05, 0.1) is 10.2 Å². The van der Waals surface area contributed by atoms with Crippen LogP contribution in [0.15, 0.2) is 17.6 Å². The van der Waals surface area contributed by atoms with E-state index in [1.165, 1.54) is 11.3 Å². The first-order valence-corrected chi connectivity index (χ1v) is 5.39. The molecular weight excluding hydrogens is 197 g/mol. The van der Waals surface area contributed by atoms with Crippen LogP contribution in [-0.4, -0.2) is 4.98 Å². The SMILES string of the molecule is CC(C)(C)c1cc(F)c2ncsc2c1. The van der Waals surface area contributed by atoms with E-state index >= 15 is 0 Å². The predicted molar refractivity (Wildman–Crippen MR) is 58.3 cm³/mol. The molecule has 0 aliphatic heterocycles. The first kappa shape index (κ1) is 9.59. The van der Waals surface area contributed by atoms with Crippen LogP contribution >= 0.6 is 11.3 Å². The van der Waals surface area contributed by atoms with Crippen molar-refractivity contribution in [2.75, 3.05) is 0 Å². The van der Waals surface area contributed by atoms with Crippen molar-refractivity contribution in [3.8, 4) is 0 Å². The Morgan fingerprint density at radius 1 is 1.29 bits per heavy atom. The molecule has 0 radical (unpaired) electrons. The fraction of sp³-hybridized carbons (Fsp3) is 0.364. The molecule has 0 amide bonds. The maximum atomic E-state index is 13.6. The van der Waals surface area contributed by atoms with Gasteiger partial charge < -0.3 is 0 Å². The van der Waals surface area contributed by atoms with E-state index in [4.69, 9.17) is 0 Å². The zero-order chi connectivity index (χ0) is 10.3. The van der Waals surface area contributed by atoms with Crippen LogP contribution in [0.4, 0.5) is 4.39 Å². The van der Waals surface area contributed by atoms with Crippen LogP contribution in [-0.2, 0) is 5.41 Å². The highest BCUT2D eigenvalue weighted by molar-refractivity contribution is 7.16. The van der Waals surface area contributed by atoms with Crippen molar-refractivity contribution in [1.82, 2.24) is 4.98 Å². The molecule has 2 aromatic rings. The summed E-state index contributed by atoms with van der Waals surface area (Å²) < 4.78 is 14.5. The van der Waals surface area contributed by atoms with Crippen molar-refractivity contribution in [3.05, 3.63) is 29.0 Å². The zero-order valence-electron chi connectivity index (χ0n) is 8.47. The molecule has 1 nitrogen and oxygen atoms in total. The zero-order valence-corrected chi connectivity index (χ0v) is 9.28. The van der Waals surface area contributed by atoms with E-state index in [1.807, 2.05) is 6.07 Å². The summed E-state index contributed by atoms with van der Waals surface area (Å²) in [6, 6.07) is 3.61. The van der Waals surface area contributed by atoms with Crippen LogP contribution in [0, 0.1) is 5.82 Å². The Labute approximate surface area is 86.6 Å². The number of benzene rings is 1. The van der Waals surface area contributed by atoms with Crippen molar-refractivity contribution in [1.29, 1.82) is 0 Å². The number of hydrogen-bond donors (Lipinski definition) is 0. The molecule has 0 spiro atoms. The first-order chi connectivity index (χ1) is 6.48. The molecule has 3 heteroatoms. The summed E-state index contributed by atoms with van der Waals surface area (Å²) in [5.74, 6) is -0.214. The molecule has 1 heterocycles. The molecule has 0 N–H and O–H groups in total. The largest absolute Gasteiger partial charge is 0.242 e. The van der Waals surface area contributed by atoms with Gasteiger partial charge in [0.1, 0.15) is 5.52 Å². The first-order valence-electron chi connectivity index (χ1n) is 4.52. The minimum atomic E-state index is -0.214. The van der Waals surface area contributed by atoms with Gasteiger partial charge in [-0.3, -0.25) is 0 Å². The van der Waals surface area contributed by atoms with Gasteiger partial charge in [0.25, 0.3) is 0 Å². The summed E-state index contributed by atoms with van der Waals surface area (Å²) in [6.45, 7) is 6.23. The number of fused-ring (bicyclic) bond motifs is 1. The summed E-state index contributed by atoms with van der Waals surface area (Å²) in [5, 5.41) is 0. The standard InChI is InChI=1S/C11H12FNS/c1-11(2,3)7-4-8(12)10-9(5-7)14-6-13-10/h4-6H,1-3H3. The number of rotatable bonds is 0. The molecule has 74 valence electrons. The van der Waals surface area contributed by atoms with Crippen molar-refractivity contribution < 1.29 is 4.39 Å². The lowest BCUT2D eigenvalue weighted by Gasteiger charge is -2.18. The monoisotopic (exact) mass is 209 g/mol. The molecule has 1 aromatic carbocycles. The highest BCUT2D eigenvalue weighted by Gasteiger charge is 2.16. The van der Waals surface area contributed by atoms with Crippen LogP contribution in [0.1, 0.15) is 26.3 Å². The lowest BCUT2D eigenvalue weighted by Crippen LogP contribution is -2.11. The van der Waals surface area contributed by atoms with Crippen LogP contribution in [0.3, 0.4) is 0 Å². The molecule has 1 aromatic heterocycles. The Kier molecular flexibility index (Phi) is 2.07. The lowest BCUT2D eigenvalue weighted by atomic mass is 9.87. The van der Waals surface area contributed by atoms with Crippen LogP contribution < -0.4 is 0 Å². The molecule has 0 saturated heterocycles. The van der Waals surface area contributed by atoms with Gasteiger partial charge in [-0.1, -0.05) is 20.8 Å². The Hall–Kier alpha value is -0.960. The minimum absolute atomic E-state index is 0.0149. The number of halogens is 1. The summed E-state index contributed by atoms with van der Waals surface area (Å²) in [6.07, 6.45) is 0. The minimum Gasteiger partial charge on any atom is -0.242 e. The molecular formula is C11H12FNS. The van der Waals surface area contributed by atoms with Gasteiger partial charge in [-0.15, -0.1) is 11.3 Å². The molecule has 0 bridgehead atoms. The lowest BCUT2D eigenvalue weighted by molar-refractivity contribution is 0.576. The van der Waals surface area contributed by atoms with Crippen LogP contribution in [0.5, 0.6) is 0 Å². The van der Waals surface area contributed by atoms with Crippen molar-refractivity contribution >= 4 is 21.6 Å². The second-order valence-electron chi connectivity index (χ2n) is 4.41. The fourth-order valence-electron chi connectivity index (χ4n) is 1.36. The third kappa shape index (κ3) is 1.52. The summed E-state index contributed by atoms with van der Waals surface area (Å²) >= 11 is 1.48. The number of aromatic nitrogens is 1. The van der Waals surface area contributed by atoms with Gasteiger partial charge in [-0.25, -0.2) is 9.37 Å². The topological polar surface area (TPSA) is 12.9 Å². The van der Waals surface area contributed by atoms with E-state index in [2.05, 4.69) is 25.8 Å². The quantitative estimate of drug-likeness (QED) is 0.644. The number of thiazole rings is 1. The van der Waals surface area contributed by atoms with Gasteiger partial charge in [0, 0.05) is 0 Å². The smallest absolute Gasteiger partial charge is 0.150 e. The average molecular weight is 209 g/mol. The van der Waals surface area contributed by atoms with E-state index < -0.39 is 0 Å². The van der Waals surface area contributed by atoms with Gasteiger partial charge in [-0.05, 0) is 23.1 Å². The molecule has 0 fully saturated rings. The number of hydrogen-bond acceptors (Lipinski definition) is 2. The van der Waals surface area contributed by atoms with Gasteiger partial charge in [0.15, 0.2) is 5.82 Å². The molecule has 0 unspecified atom stereocenters. The molecule has 2 rings (SSSR count). The molecule has 0 saturated carbocycles. The van der Waals surface area contributed by atoms with E-state index in [0.717, 1.165) is 10.3 Å². The predicted octanol–water partition coefficient (Wildman–Crippen LogP) is 3.73. The fourth-order valence-corrected chi connectivity index (χ4v) is 2.09. The third-order valence-electron chi connectivity index (χ3n) is 2.26. The number of nitrogens with zero attached hydrogens (tertiary/aromatic N) is 1. The Morgan fingerprint density at radius 3 is 2.64 bits per heavy atom. The Balaban J connectivity index is 2.70. The van der Waals surface area contributed by atoms with E-state index in [0.29, 0.717) is 5.52 Å². The van der Waals surface area contributed by atoms with Gasteiger partial charge >= 0.3 is 0 Å². The summed E-state index contributed by atoms with van der Waals surface area (Å²) in [4.78, 5) is 3.98. The second-order valence-corrected chi connectivity index (χ2v) is 5.29. The molecule has 0 aliphatic rings. The second kappa shape index (κ2) is 3.02. The summed E-state index contributed by atoms with van der Waals surface area (Å²) in [5.41, 5.74) is 3.17. The Morgan fingerprint density at radius 2 is 2.00 bits per heavy atom. The highest BCUT2D eigenvalue weighted by Crippen LogP contribution is 2.29. The molecule has 14 heavy (non-hydrogen) atoms. The van der Waals surface area contributed by atoms with E-state index in [9.17, 15) is 4.39 Å². The van der Waals surface area contributed by atoms with E-state index in [1.54, 1.807) is 11.6 Å². The summed E-state index contributed by atoms with van der Waals surface area (Å²) in [7, 11) is 0. The normalized spacial score (nSPS) is 12.3. The van der Waals surface area contributed by atoms with Crippen molar-refractivity contribution in [2.24, 2.45) is 0 Å². The Bertz CT molecular complexity index is 468. The maximum absolute atomic E-state index is 13.6. The maximum Gasteiger partial charge on any atom is 0.150 e. The molecule has 0 aliphatic carbocycles. The van der Waals surface area contributed by atoms with Gasteiger partial charge in [-0.2, -0.15) is 0 Å². The highest BCUT2D eigenvalue weighted by atomic mass is 32.1. The van der Waals surface area contributed by atoms with Crippen LogP contribution in [0.25, 0.3) is 10.2 Å². The van der Waals surface area contributed by atoms with Crippen LogP contribution in [0.2, 0.25) is 0 Å². The molecule has 0 atom stereocenters. The average Bonchev–Trinajstić information content (AvgIpc) is 2.50. The van der Waals surface area contributed by atoms with Crippen molar-refractivity contribution in [2.45, 2.75) is 26.2 Å². The third-order valence-corrected chi connectivity index (χ3v) is 3.03. The van der Waals surface area contributed by atoms with Gasteiger partial charge in [0.2, 0.25) is 0 Å². The van der Waals surface area contributed by atoms with Crippen molar-refractivity contribution in [3.63, 3.8) is 0 Å².